The van der Waals surface area contributed by atoms with E-state index < -0.39 is 0 Å². The van der Waals surface area contributed by atoms with E-state index in [1.807, 2.05) is 18.2 Å². The molecule has 0 amide bonds. The average molecular weight is 694 g/mol. The van der Waals surface area contributed by atoms with Crippen LogP contribution in [0.15, 0.2) is 180 Å². The molecule has 4 nitrogen and oxygen atoms in total. The summed E-state index contributed by atoms with van der Waals surface area (Å²) in [5.74, 6) is 2.40. The molecule has 1 aliphatic carbocycles. The molecule has 0 saturated carbocycles. The SMILES string of the molecule is CC1C=CC(c2nc(-c3ccc(-c4ccccc4)c4ccccc34)nc(-c3cccc4oc5cc(-c6ccc(-c7ccccc7)cc6)ccc5c34)n2)=CC1. The van der Waals surface area contributed by atoms with Crippen LogP contribution in [0, 0.1) is 5.92 Å². The predicted molar refractivity (Wildman–Crippen MR) is 223 cm³/mol. The molecule has 2 aromatic heterocycles. The quantitative estimate of drug-likeness (QED) is 0.174. The number of hydrogen-bond donors (Lipinski definition) is 0. The zero-order valence-corrected chi connectivity index (χ0v) is 29.8. The fraction of sp³-hybridized carbons (Fsp3) is 0.0600. The normalized spacial score (nSPS) is 14.2. The summed E-state index contributed by atoms with van der Waals surface area (Å²) in [4.78, 5) is 15.6. The molecule has 1 unspecified atom stereocenters. The van der Waals surface area contributed by atoms with Crippen molar-refractivity contribution in [1.82, 2.24) is 15.0 Å². The molecule has 0 saturated heterocycles. The molecule has 1 aliphatic rings. The summed E-state index contributed by atoms with van der Waals surface area (Å²) in [6.45, 7) is 2.23. The van der Waals surface area contributed by atoms with Gasteiger partial charge in [0.25, 0.3) is 0 Å². The fourth-order valence-corrected chi connectivity index (χ4v) is 7.68. The molecule has 4 heteroatoms. The number of aromatic nitrogens is 3. The van der Waals surface area contributed by atoms with E-state index in [4.69, 9.17) is 19.4 Å². The highest BCUT2D eigenvalue weighted by Gasteiger charge is 2.20. The number of benzene rings is 7. The van der Waals surface area contributed by atoms with Gasteiger partial charge in [-0.2, -0.15) is 0 Å². The third-order valence-electron chi connectivity index (χ3n) is 10.5. The van der Waals surface area contributed by atoms with Crippen LogP contribution in [0.2, 0.25) is 0 Å². The van der Waals surface area contributed by atoms with Gasteiger partial charge < -0.3 is 4.42 Å². The number of furan rings is 1. The largest absolute Gasteiger partial charge is 0.456 e. The highest BCUT2D eigenvalue weighted by molar-refractivity contribution is 6.12. The molecule has 0 fully saturated rings. The molecule has 0 aliphatic heterocycles. The molecule has 54 heavy (non-hydrogen) atoms. The average Bonchev–Trinajstić information content (AvgIpc) is 3.62. The molecular formula is C50H35N3O. The van der Waals surface area contributed by atoms with Crippen LogP contribution in [0.3, 0.4) is 0 Å². The summed E-state index contributed by atoms with van der Waals surface area (Å²) in [5.41, 5.74) is 11.5. The molecule has 10 rings (SSSR count). The van der Waals surface area contributed by atoms with Crippen LogP contribution in [0.5, 0.6) is 0 Å². The Bertz CT molecular complexity index is 2900. The second kappa shape index (κ2) is 13.3. The lowest BCUT2D eigenvalue weighted by Gasteiger charge is -2.15. The van der Waals surface area contributed by atoms with E-state index in [1.54, 1.807) is 0 Å². The van der Waals surface area contributed by atoms with Crippen molar-refractivity contribution in [2.24, 2.45) is 5.92 Å². The number of allylic oxidation sites excluding steroid dienone is 4. The van der Waals surface area contributed by atoms with Crippen LogP contribution in [-0.2, 0) is 0 Å². The van der Waals surface area contributed by atoms with Gasteiger partial charge in [0.1, 0.15) is 11.2 Å². The highest BCUT2D eigenvalue weighted by atomic mass is 16.3. The second-order valence-electron chi connectivity index (χ2n) is 14.0. The van der Waals surface area contributed by atoms with E-state index in [0.717, 1.165) is 67.0 Å². The lowest BCUT2D eigenvalue weighted by molar-refractivity contribution is 0.669. The maximum Gasteiger partial charge on any atom is 0.164 e. The van der Waals surface area contributed by atoms with Gasteiger partial charge in [-0.05, 0) is 80.8 Å². The third kappa shape index (κ3) is 5.69. The maximum absolute atomic E-state index is 6.56. The van der Waals surface area contributed by atoms with Crippen LogP contribution < -0.4 is 0 Å². The summed E-state index contributed by atoms with van der Waals surface area (Å²) < 4.78 is 6.56. The Balaban J connectivity index is 1.12. The minimum absolute atomic E-state index is 0.474. The smallest absolute Gasteiger partial charge is 0.164 e. The Morgan fingerprint density at radius 1 is 0.463 bits per heavy atom. The molecule has 0 bridgehead atoms. The van der Waals surface area contributed by atoms with E-state index in [-0.39, 0.29) is 0 Å². The minimum Gasteiger partial charge on any atom is -0.456 e. The van der Waals surface area contributed by atoms with Crippen molar-refractivity contribution in [3.63, 3.8) is 0 Å². The zero-order chi connectivity index (χ0) is 36.0. The van der Waals surface area contributed by atoms with Crippen molar-refractivity contribution in [3.8, 4) is 56.2 Å². The molecule has 1 atom stereocenters. The van der Waals surface area contributed by atoms with Crippen LogP contribution in [0.4, 0.5) is 0 Å². The van der Waals surface area contributed by atoms with Crippen LogP contribution in [0.1, 0.15) is 19.2 Å². The van der Waals surface area contributed by atoms with Crippen molar-refractivity contribution in [3.05, 3.63) is 182 Å². The van der Waals surface area contributed by atoms with Gasteiger partial charge in [-0.15, -0.1) is 0 Å². The number of nitrogens with zero attached hydrogens (tertiary/aromatic N) is 3. The van der Waals surface area contributed by atoms with Crippen LogP contribution in [-0.4, -0.2) is 15.0 Å². The third-order valence-corrected chi connectivity index (χ3v) is 10.5. The van der Waals surface area contributed by atoms with Gasteiger partial charge >= 0.3 is 0 Å². The lowest BCUT2D eigenvalue weighted by atomic mass is 9.94. The Morgan fingerprint density at radius 2 is 1.06 bits per heavy atom. The van der Waals surface area contributed by atoms with Crippen molar-refractivity contribution in [2.45, 2.75) is 13.3 Å². The van der Waals surface area contributed by atoms with Crippen LogP contribution in [0.25, 0.3) is 94.4 Å². The van der Waals surface area contributed by atoms with E-state index in [9.17, 15) is 0 Å². The van der Waals surface area contributed by atoms with E-state index >= 15 is 0 Å². The number of fused-ring (bicyclic) bond motifs is 4. The Labute approximate surface area is 313 Å². The standard InChI is InChI=1S/C50H35N3O/c1-32-19-21-37(22-20-32)48-51-49(42-30-29-39(36-13-6-3-7-14-36)40-15-8-9-16-41(40)42)53-50(52-48)44-17-10-18-45-47(44)43-28-27-38(31-46(43)54-45)35-25-23-34(24-26-35)33-11-4-2-5-12-33/h2-19,21-32H,20H2,1H3. The minimum atomic E-state index is 0.474. The summed E-state index contributed by atoms with van der Waals surface area (Å²) in [7, 11) is 0. The van der Waals surface area contributed by atoms with Gasteiger partial charge in [0.2, 0.25) is 0 Å². The first-order valence-corrected chi connectivity index (χ1v) is 18.5. The van der Waals surface area contributed by atoms with Crippen molar-refractivity contribution < 1.29 is 4.42 Å². The monoisotopic (exact) mass is 693 g/mol. The van der Waals surface area contributed by atoms with Gasteiger partial charge in [-0.3, -0.25) is 0 Å². The van der Waals surface area contributed by atoms with Crippen molar-refractivity contribution >= 4 is 38.3 Å². The second-order valence-corrected chi connectivity index (χ2v) is 14.0. The summed E-state index contributed by atoms with van der Waals surface area (Å²) >= 11 is 0. The summed E-state index contributed by atoms with van der Waals surface area (Å²) in [6, 6.07) is 55.2. The van der Waals surface area contributed by atoms with Gasteiger partial charge in [-0.25, -0.2) is 15.0 Å². The zero-order valence-electron chi connectivity index (χ0n) is 29.8. The molecule has 2 heterocycles. The molecular weight excluding hydrogens is 659 g/mol. The van der Waals surface area contributed by atoms with Gasteiger partial charge in [-0.1, -0.05) is 159 Å². The van der Waals surface area contributed by atoms with E-state index in [1.165, 1.54) is 22.3 Å². The fourth-order valence-electron chi connectivity index (χ4n) is 7.68. The topological polar surface area (TPSA) is 51.8 Å². The summed E-state index contributed by atoms with van der Waals surface area (Å²) in [6.07, 6.45) is 7.57. The van der Waals surface area contributed by atoms with E-state index in [2.05, 4.69) is 165 Å². The lowest BCUT2D eigenvalue weighted by Crippen LogP contribution is -2.04. The van der Waals surface area contributed by atoms with Gasteiger partial charge in [0, 0.05) is 27.5 Å². The first-order valence-electron chi connectivity index (χ1n) is 18.5. The molecule has 9 aromatic rings. The van der Waals surface area contributed by atoms with Gasteiger partial charge in [0.15, 0.2) is 17.5 Å². The maximum atomic E-state index is 6.56. The summed E-state index contributed by atoms with van der Waals surface area (Å²) in [5, 5.41) is 4.27. The predicted octanol–water partition coefficient (Wildman–Crippen LogP) is 13.2. The molecule has 7 aromatic carbocycles. The van der Waals surface area contributed by atoms with Crippen molar-refractivity contribution in [1.29, 1.82) is 0 Å². The molecule has 0 N–H and O–H groups in total. The van der Waals surface area contributed by atoms with Crippen LogP contribution >= 0.6 is 0 Å². The molecule has 0 spiro atoms. The molecule has 256 valence electrons. The highest BCUT2D eigenvalue weighted by Crippen LogP contribution is 2.40. The molecule has 0 radical (unpaired) electrons. The first kappa shape index (κ1) is 31.8. The number of rotatable bonds is 6. The Hall–Kier alpha value is -6.91. The Morgan fingerprint density at radius 3 is 1.78 bits per heavy atom. The van der Waals surface area contributed by atoms with Gasteiger partial charge in [0.05, 0.1) is 0 Å². The number of hydrogen-bond acceptors (Lipinski definition) is 4. The van der Waals surface area contributed by atoms with Crippen molar-refractivity contribution in [2.75, 3.05) is 0 Å². The first-order chi connectivity index (χ1) is 26.7. The van der Waals surface area contributed by atoms with E-state index in [0.29, 0.717) is 23.4 Å². The Kier molecular flexibility index (Phi) is 7.80.